The Balaban J connectivity index is 2.09. The maximum Gasteiger partial charge on any atom is 0.0379 e. The number of hydrogen-bond donors (Lipinski definition) is 1. The highest BCUT2D eigenvalue weighted by atomic mass is 32.1. The van der Waals surface area contributed by atoms with Crippen LogP contribution in [0.1, 0.15) is 47.6 Å². The first-order chi connectivity index (χ1) is 9.69. The fourth-order valence-corrected chi connectivity index (χ4v) is 3.24. The summed E-state index contributed by atoms with van der Waals surface area (Å²) in [4.78, 5) is 5.95. The lowest BCUT2D eigenvalue weighted by molar-refractivity contribution is 0.499. The van der Waals surface area contributed by atoms with E-state index in [0.29, 0.717) is 6.04 Å². The Hall–Kier alpha value is -1.19. The molecule has 1 atom stereocenters. The molecule has 0 aromatic carbocycles. The smallest absolute Gasteiger partial charge is 0.0379 e. The third-order valence-electron chi connectivity index (χ3n) is 3.41. The predicted octanol–water partition coefficient (Wildman–Crippen LogP) is 4.43. The molecule has 2 heterocycles. The van der Waals surface area contributed by atoms with Gasteiger partial charge >= 0.3 is 0 Å². The molecule has 0 aliphatic carbocycles. The first kappa shape index (κ1) is 15.2. The van der Waals surface area contributed by atoms with Crippen molar-refractivity contribution in [3.8, 4) is 0 Å². The Bertz CT molecular complexity index is 500. The third-order valence-corrected chi connectivity index (χ3v) is 4.34. The zero-order valence-electron chi connectivity index (χ0n) is 12.6. The summed E-state index contributed by atoms with van der Waals surface area (Å²) in [5.41, 5.74) is 3.60. The molecular weight excluding hydrogens is 264 g/mol. The standard InChI is InChI=1S/C17H24N2S/c1-4-9-18-17(8-7-16-6-5-10-20-16)15-11-13(2)19-14(3)12-15/h5-6,10-12,17-18H,4,7-9H2,1-3H3. The Labute approximate surface area is 126 Å². The van der Waals surface area contributed by atoms with E-state index in [1.54, 1.807) is 0 Å². The van der Waals surface area contributed by atoms with E-state index < -0.39 is 0 Å². The van der Waals surface area contributed by atoms with Crippen LogP contribution in [-0.2, 0) is 6.42 Å². The molecule has 0 fully saturated rings. The van der Waals surface area contributed by atoms with Crippen LogP contribution in [0.25, 0.3) is 0 Å². The maximum atomic E-state index is 4.48. The van der Waals surface area contributed by atoms with Crippen molar-refractivity contribution in [2.45, 2.75) is 46.1 Å². The molecule has 2 nitrogen and oxygen atoms in total. The van der Waals surface area contributed by atoms with E-state index >= 15 is 0 Å². The van der Waals surface area contributed by atoms with Gasteiger partial charge in [-0.3, -0.25) is 4.98 Å². The number of thiophene rings is 1. The molecule has 2 aromatic heterocycles. The number of nitrogens with one attached hydrogen (secondary N) is 1. The average Bonchev–Trinajstić information content (AvgIpc) is 2.91. The Kier molecular flexibility index (Phi) is 5.74. The lowest BCUT2D eigenvalue weighted by atomic mass is 10.0. The second-order valence-electron chi connectivity index (χ2n) is 5.31. The molecule has 0 aliphatic rings. The highest BCUT2D eigenvalue weighted by molar-refractivity contribution is 7.09. The number of nitrogens with zero attached hydrogens (tertiary/aromatic N) is 1. The molecule has 1 N–H and O–H groups in total. The zero-order valence-corrected chi connectivity index (χ0v) is 13.5. The highest BCUT2D eigenvalue weighted by Crippen LogP contribution is 2.22. The molecule has 1 unspecified atom stereocenters. The van der Waals surface area contributed by atoms with Gasteiger partial charge in [-0.25, -0.2) is 0 Å². The molecule has 0 bridgehead atoms. The average molecular weight is 288 g/mol. The van der Waals surface area contributed by atoms with Gasteiger partial charge in [-0.05, 0) is 68.8 Å². The van der Waals surface area contributed by atoms with Crippen molar-refractivity contribution in [2.24, 2.45) is 0 Å². The molecule has 108 valence electrons. The van der Waals surface area contributed by atoms with Gasteiger partial charge in [0.05, 0.1) is 0 Å². The minimum absolute atomic E-state index is 0.428. The third kappa shape index (κ3) is 4.43. The van der Waals surface area contributed by atoms with Gasteiger partial charge in [-0.2, -0.15) is 0 Å². The van der Waals surface area contributed by atoms with Crippen LogP contribution in [-0.4, -0.2) is 11.5 Å². The van der Waals surface area contributed by atoms with Crippen LogP contribution in [0.5, 0.6) is 0 Å². The van der Waals surface area contributed by atoms with Crippen molar-refractivity contribution < 1.29 is 0 Å². The molecule has 3 heteroatoms. The topological polar surface area (TPSA) is 24.9 Å². The number of rotatable bonds is 7. The van der Waals surface area contributed by atoms with Crippen molar-refractivity contribution in [3.05, 3.63) is 51.5 Å². The predicted molar refractivity (Wildman–Crippen MR) is 87.4 cm³/mol. The second-order valence-corrected chi connectivity index (χ2v) is 6.34. The molecule has 2 aromatic rings. The normalized spacial score (nSPS) is 12.6. The SMILES string of the molecule is CCCNC(CCc1cccs1)c1cc(C)nc(C)c1. The van der Waals surface area contributed by atoms with Crippen molar-refractivity contribution >= 4 is 11.3 Å². The fourth-order valence-electron chi connectivity index (χ4n) is 2.51. The summed E-state index contributed by atoms with van der Waals surface area (Å²) in [6.45, 7) is 7.43. The van der Waals surface area contributed by atoms with Gasteiger partial charge in [-0.15, -0.1) is 11.3 Å². The summed E-state index contributed by atoms with van der Waals surface area (Å²) < 4.78 is 0. The van der Waals surface area contributed by atoms with Crippen LogP contribution < -0.4 is 5.32 Å². The number of aryl methyl sites for hydroxylation is 3. The quantitative estimate of drug-likeness (QED) is 0.815. The molecule has 20 heavy (non-hydrogen) atoms. The number of hydrogen-bond acceptors (Lipinski definition) is 3. The Morgan fingerprint density at radius 3 is 2.60 bits per heavy atom. The van der Waals surface area contributed by atoms with Crippen LogP contribution in [0.4, 0.5) is 0 Å². The summed E-state index contributed by atoms with van der Waals surface area (Å²) in [7, 11) is 0. The summed E-state index contributed by atoms with van der Waals surface area (Å²) in [6, 6.07) is 9.22. The first-order valence-corrected chi connectivity index (χ1v) is 8.28. The van der Waals surface area contributed by atoms with Gasteiger partial charge in [-0.1, -0.05) is 13.0 Å². The van der Waals surface area contributed by atoms with Crippen LogP contribution in [0, 0.1) is 13.8 Å². The number of pyridine rings is 1. The van der Waals surface area contributed by atoms with Crippen LogP contribution in [0.2, 0.25) is 0 Å². The molecule has 2 rings (SSSR count). The molecule has 0 radical (unpaired) electrons. The molecular formula is C17H24N2S. The minimum atomic E-state index is 0.428. The largest absolute Gasteiger partial charge is 0.310 e. The van der Waals surface area contributed by atoms with E-state index in [9.17, 15) is 0 Å². The van der Waals surface area contributed by atoms with Gasteiger partial charge in [0, 0.05) is 22.3 Å². The zero-order chi connectivity index (χ0) is 14.4. The van der Waals surface area contributed by atoms with Crippen molar-refractivity contribution in [3.63, 3.8) is 0 Å². The molecule has 0 saturated heterocycles. The highest BCUT2D eigenvalue weighted by Gasteiger charge is 2.12. The van der Waals surface area contributed by atoms with Gasteiger partial charge in [0.15, 0.2) is 0 Å². The maximum absolute atomic E-state index is 4.48. The van der Waals surface area contributed by atoms with Crippen LogP contribution >= 0.6 is 11.3 Å². The molecule has 0 spiro atoms. The summed E-state index contributed by atoms with van der Waals surface area (Å²) in [5, 5.41) is 5.84. The summed E-state index contributed by atoms with van der Waals surface area (Å²) in [5.74, 6) is 0. The summed E-state index contributed by atoms with van der Waals surface area (Å²) >= 11 is 1.85. The van der Waals surface area contributed by atoms with E-state index in [2.05, 4.69) is 60.7 Å². The number of aromatic nitrogens is 1. The van der Waals surface area contributed by atoms with Gasteiger partial charge in [0.2, 0.25) is 0 Å². The van der Waals surface area contributed by atoms with Crippen molar-refractivity contribution in [1.29, 1.82) is 0 Å². The van der Waals surface area contributed by atoms with Crippen LogP contribution in [0.15, 0.2) is 29.6 Å². The van der Waals surface area contributed by atoms with Gasteiger partial charge in [0.25, 0.3) is 0 Å². The van der Waals surface area contributed by atoms with Crippen molar-refractivity contribution in [2.75, 3.05) is 6.54 Å². The Morgan fingerprint density at radius 2 is 2.00 bits per heavy atom. The molecule has 0 aliphatic heterocycles. The lowest BCUT2D eigenvalue weighted by Crippen LogP contribution is -2.23. The van der Waals surface area contributed by atoms with Crippen LogP contribution in [0.3, 0.4) is 0 Å². The fraction of sp³-hybridized carbons (Fsp3) is 0.471. The minimum Gasteiger partial charge on any atom is -0.310 e. The van der Waals surface area contributed by atoms with E-state index in [1.165, 1.54) is 16.9 Å². The van der Waals surface area contributed by atoms with Crippen molar-refractivity contribution in [1.82, 2.24) is 10.3 Å². The van der Waals surface area contributed by atoms with E-state index in [0.717, 1.165) is 30.8 Å². The Morgan fingerprint density at radius 1 is 1.25 bits per heavy atom. The van der Waals surface area contributed by atoms with E-state index in [1.807, 2.05) is 11.3 Å². The van der Waals surface area contributed by atoms with E-state index in [-0.39, 0.29) is 0 Å². The molecule has 0 saturated carbocycles. The van der Waals surface area contributed by atoms with E-state index in [4.69, 9.17) is 0 Å². The molecule has 0 amide bonds. The first-order valence-electron chi connectivity index (χ1n) is 7.40. The van der Waals surface area contributed by atoms with Gasteiger partial charge in [0.1, 0.15) is 0 Å². The van der Waals surface area contributed by atoms with Gasteiger partial charge < -0.3 is 5.32 Å². The monoisotopic (exact) mass is 288 g/mol. The summed E-state index contributed by atoms with van der Waals surface area (Å²) in [6.07, 6.45) is 3.45. The lowest BCUT2D eigenvalue weighted by Gasteiger charge is -2.19. The second kappa shape index (κ2) is 7.55.